The molecule has 1 amide bonds. The fraction of sp³-hybridized carbons (Fsp3) is 0.407. The van der Waals surface area contributed by atoms with Gasteiger partial charge in [0.25, 0.3) is 11.5 Å². The van der Waals surface area contributed by atoms with Gasteiger partial charge in [-0.15, -0.1) is 0 Å². The van der Waals surface area contributed by atoms with Gasteiger partial charge >= 0.3 is 5.97 Å². The molecule has 0 spiro atoms. The molecule has 1 fully saturated rings. The fourth-order valence-electron chi connectivity index (χ4n) is 4.75. The molecule has 1 aliphatic heterocycles. The standard InChI is InChI=1S/C27H32N4O4/c1-3-29-17-10-13-21(29)19-30(18-16-24(32)35-4-2)27(34)25-22-14-8-9-15-23(22)26(33)31(28-25)20-11-6-5-7-12-20/h5-9,11-12,14-15,21H,3-4,10,13,16-19H2,1-2H3. The van der Waals surface area contributed by atoms with Gasteiger partial charge in [-0.25, -0.2) is 0 Å². The highest BCUT2D eigenvalue weighted by Gasteiger charge is 2.30. The highest BCUT2D eigenvalue weighted by molar-refractivity contribution is 6.05. The minimum absolute atomic E-state index is 0.106. The number of carbonyl (C=O) groups is 2. The molecule has 0 bridgehead atoms. The van der Waals surface area contributed by atoms with Gasteiger partial charge in [0.15, 0.2) is 5.69 Å². The van der Waals surface area contributed by atoms with E-state index in [0.717, 1.165) is 25.9 Å². The molecule has 2 aromatic carbocycles. The zero-order valence-corrected chi connectivity index (χ0v) is 20.4. The minimum Gasteiger partial charge on any atom is -0.466 e. The fourth-order valence-corrected chi connectivity index (χ4v) is 4.75. The van der Waals surface area contributed by atoms with Crippen LogP contribution in [0.15, 0.2) is 59.4 Å². The van der Waals surface area contributed by atoms with Gasteiger partial charge in [0.1, 0.15) is 0 Å². The van der Waals surface area contributed by atoms with Crippen molar-refractivity contribution in [3.05, 3.63) is 70.6 Å². The van der Waals surface area contributed by atoms with Crippen LogP contribution in [0.2, 0.25) is 0 Å². The minimum atomic E-state index is -0.337. The quantitative estimate of drug-likeness (QED) is 0.441. The van der Waals surface area contributed by atoms with Gasteiger partial charge in [-0.1, -0.05) is 43.3 Å². The first-order valence-electron chi connectivity index (χ1n) is 12.3. The Morgan fingerprint density at radius 2 is 1.77 bits per heavy atom. The molecule has 0 N–H and O–H groups in total. The second-order valence-corrected chi connectivity index (χ2v) is 8.68. The van der Waals surface area contributed by atoms with Gasteiger partial charge in [0.2, 0.25) is 0 Å². The zero-order chi connectivity index (χ0) is 24.8. The molecule has 8 heteroatoms. The van der Waals surface area contributed by atoms with E-state index in [2.05, 4.69) is 16.9 Å². The third-order valence-corrected chi connectivity index (χ3v) is 6.52. The molecule has 0 saturated carbocycles. The summed E-state index contributed by atoms with van der Waals surface area (Å²) < 4.78 is 6.39. The Kier molecular flexibility index (Phi) is 7.92. The number of rotatable bonds is 9. The predicted octanol–water partition coefficient (Wildman–Crippen LogP) is 3.27. The Labute approximate surface area is 205 Å². The van der Waals surface area contributed by atoms with Crippen molar-refractivity contribution in [2.75, 3.05) is 32.8 Å². The maximum atomic E-state index is 14.0. The number of hydrogen-bond donors (Lipinski definition) is 0. The van der Waals surface area contributed by atoms with Crippen molar-refractivity contribution >= 4 is 22.6 Å². The van der Waals surface area contributed by atoms with Crippen LogP contribution in [-0.4, -0.2) is 70.3 Å². The number of likely N-dealkylation sites (N-methyl/N-ethyl adjacent to an activating group) is 1. The Hall–Kier alpha value is -3.52. The first kappa shape index (κ1) is 24.6. The largest absolute Gasteiger partial charge is 0.466 e. The molecule has 2 heterocycles. The molecule has 1 atom stereocenters. The normalized spacial score (nSPS) is 15.9. The average molecular weight is 477 g/mol. The summed E-state index contributed by atoms with van der Waals surface area (Å²) in [6.45, 7) is 6.81. The van der Waals surface area contributed by atoms with Gasteiger partial charge in [0, 0.05) is 24.5 Å². The van der Waals surface area contributed by atoms with Gasteiger partial charge < -0.3 is 9.64 Å². The van der Waals surface area contributed by atoms with E-state index in [1.54, 1.807) is 48.2 Å². The lowest BCUT2D eigenvalue weighted by atomic mass is 10.1. The highest BCUT2D eigenvalue weighted by atomic mass is 16.5. The van der Waals surface area contributed by atoms with Crippen molar-refractivity contribution < 1.29 is 14.3 Å². The number of benzene rings is 2. The van der Waals surface area contributed by atoms with Crippen molar-refractivity contribution in [2.45, 2.75) is 39.2 Å². The van der Waals surface area contributed by atoms with Gasteiger partial charge in [-0.3, -0.25) is 19.3 Å². The number of carbonyl (C=O) groups excluding carboxylic acids is 2. The lowest BCUT2D eigenvalue weighted by Gasteiger charge is -2.30. The lowest BCUT2D eigenvalue weighted by molar-refractivity contribution is -0.143. The maximum absolute atomic E-state index is 14.0. The van der Waals surface area contributed by atoms with Crippen molar-refractivity contribution in [3.8, 4) is 5.69 Å². The predicted molar refractivity (Wildman–Crippen MR) is 135 cm³/mol. The molecule has 1 saturated heterocycles. The molecule has 0 aliphatic carbocycles. The van der Waals surface area contributed by atoms with Crippen molar-refractivity contribution in [2.24, 2.45) is 0 Å². The Morgan fingerprint density at radius 1 is 1.06 bits per heavy atom. The third kappa shape index (κ3) is 5.43. The second kappa shape index (κ2) is 11.3. The number of ether oxygens (including phenoxy) is 1. The van der Waals surface area contributed by atoms with Gasteiger partial charge in [0.05, 0.1) is 24.1 Å². The van der Waals surface area contributed by atoms with Crippen LogP contribution in [0.4, 0.5) is 0 Å². The topological polar surface area (TPSA) is 84.7 Å². The van der Waals surface area contributed by atoms with E-state index in [1.807, 2.05) is 18.2 Å². The van der Waals surface area contributed by atoms with Crippen LogP contribution < -0.4 is 5.56 Å². The number of esters is 1. The van der Waals surface area contributed by atoms with Crippen LogP contribution in [-0.2, 0) is 9.53 Å². The summed E-state index contributed by atoms with van der Waals surface area (Å²) in [6, 6.07) is 16.3. The van der Waals surface area contributed by atoms with Gasteiger partial charge in [-0.05, 0) is 51.1 Å². The molecular weight excluding hydrogens is 444 g/mol. The van der Waals surface area contributed by atoms with E-state index < -0.39 is 0 Å². The van der Waals surface area contributed by atoms with Crippen molar-refractivity contribution in [1.82, 2.24) is 19.6 Å². The van der Waals surface area contributed by atoms with E-state index >= 15 is 0 Å². The van der Waals surface area contributed by atoms with Crippen LogP contribution >= 0.6 is 0 Å². The first-order chi connectivity index (χ1) is 17.0. The summed E-state index contributed by atoms with van der Waals surface area (Å²) in [5.41, 5.74) is 0.506. The molecule has 4 rings (SSSR count). The van der Waals surface area contributed by atoms with E-state index in [4.69, 9.17) is 4.74 Å². The number of para-hydroxylation sites is 1. The number of nitrogens with zero attached hydrogens (tertiary/aromatic N) is 4. The number of amides is 1. The Bertz CT molecular complexity index is 1240. The van der Waals surface area contributed by atoms with E-state index in [1.165, 1.54) is 4.68 Å². The molecular formula is C27H32N4O4. The molecule has 3 aromatic rings. The summed E-state index contributed by atoms with van der Waals surface area (Å²) in [5.74, 6) is -0.630. The van der Waals surface area contributed by atoms with Crippen LogP contribution in [0.3, 0.4) is 0 Å². The second-order valence-electron chi connectivity index (χ2n) is 8.68. The Morgan fingerprint density at radius 3 is 2.49 bits per heavy atom. The summed E-state index contributed by atoms with van der Waals surface area (Å²) in [4.78, 5) is 43.4. The molecule has 184 valence electrons. The van der Waals surface area contributed by atoms with Crippen LogP contribution in [0.5, 0.6) is 0 Å². The third-order valence-electron chi connectivity index (χ3n) is 6.52. The zero-order valence-electron chi connectivity index (χ0n) is 20.4. The number of fused-ring (bicyclic) bond motifs is 1. The molecule has 1 aliphatic rings. The number of likely N-dealkylation sites (tertiary alicyclic amines) is 1. The van der Waals surface area contributed by atoms with Crippen LogP contribution in [0.1, 0.15) is 43.6 Å². The summed E-state index contributed by atoms with van der Waals surface area (Å²) in [7, 11) is 0. The highest BCUT2D eigenvalue weighted by Crippen LogP contribution is 2.21. The van der Waals surface area contributed by atoms with Crippen molar-refractivity contribution in [1.29, 1.82) is 0 Å². The molecule has 8 nitrogen and oxygen atoms in total. The van der Waals surface area contributed by atoms with Crippen LogP contribution in [0.25, 0.3) is 16.5 Å². The smallest absolute Gasteiger partial charge is 0.307 e. The monoisotopic (exact) mass is 476 g/mol. The summed E-state index contributed by atoms with van der Waals surface area (Å²) >= 11 is 0. The number of hydrogen-bond acceptors (Lipinski definition) is 6. The van der Waals surface area contributed by atoms with Crippen LogP contribution in [0, 0.1) is 0 Å². The lowest BCUT2D eigenvalue weighted by Crippen LogP contribution is -2.44. The molecule has 1 unspecified atom stereocenters. The first-order valence-corrected chi connectivity index (χ1v) is 12.3. The van der Waals surface area contributed by atoms with Gasteiger partial charge in [-0.2, -0.15) is 9.78 Å². The molecule has 0 radical (unpaired) electrons. The SMILES string of the molecule is CCOC(=O)CCN(CC1CCCN1CC)C(=O)c1nn(-c2ccccc2)c(=O)c2ccccc12. The van der Waals surface area contributed by atoms with E-state index in [-0.39, 0.29) is 42.1 Å². The number of aromatic nitrogens is 2. The molecule has 1 aromatic heterocycles. The van der Waals surface area contributed by atoms with Crippen molar-refractivity contribution in [3.63, 3.8) is 0 Å². The summed E-state index contributed by atoms with van der Waals surface area (Å²) in [5, 5.41) is 5.49. The average Bonchev–Trinajstić information content (AvgIpc) is 3.34. The Balaban J connectivity index is 1.75. The summed E-state index contributed by atoms with van der Waals surface area (Å²) in [6.07, 6.45) is 2.18. The van der Waals surface area contributed by atoms with E-state index in [0.29, 0.717) is 29.6 Å². The maximum Gasteiger partial charge on any atom is 0.307 e. The van der Waals surface area contributed by atoms with E-state index in [9.17, 15) is 14.4 Å². The molecule has 35 heavy (non-hydrogen) atoms.